The first kappa shape index (κ1) is 26.4. The van der Waals surface area contributed by atoms with Gasteiger partial charge in [-0.1, -0.05) is 43.7 Å². The van der Waals surface area contributed by atoms with Crippen molar-refractivity contribution in [3.63, 3.8) is 0 Å². The quantitative estimate of drug-likeness (QED) is 0.329. The molecule has 0 radical (unpaired) electrons. The van der Waals surface area contributed by atoms with Crippen LogP contribution in [0.15, 0.2) is 49.1 Å². The molecular formula is C31H38N6O3. The number of amides is 1. The van der Waals surface area contributed by atoms with Crippen LogP contribution in [0.25, 0.3) is 10.8 Å². The number of hydrogen-bond acceptors (Lipinski definition) is 8. The predicted octanol–water partition coefficient (Wildman–Crippen LogP) is 3.64. The third-order valence-corrected chi connectivity index (χ3v) is 8.38. The average molecular weight is 543 g/mol. The summed E-state index contributed by atoms with van der Waals surface area (Å²) in [5, 5.41) is 16.2. The molecule has 0 atom stereocenters. The maximum absolute atomic E-state index is 12.1. The lowest BCUT2D eigenvalue weighted by atomic mass is 10.0. The molecule has 2 N–H and O–H groups in total. The lowest BCUT2D eigenvalue weighted by molar-refractivity contribution is -0.126. The number of carbonyl (C=O) groups excluding carboxylic acids is 1. The average Bonchev–Trinajstić information content (AvgIpc) is 3.51. The van der Waals surface area contributed by atoms with Crippen molar-refractivity contribution in [2.24, 2.45) is 0 Å². The van der Waals surface area contributed by atoms with Crippen LogP contribution in [0.2, 0.25) is 0 Å². The standard InChI is InChI=1S/C31H38N6O3/c1-2-29(39)35-14-16-36(17-15-35)30-26-11-13-37(28-20-24(38)19-22-7-3-6-10-25(22)28)21-27(26)33-31(34-30)40-18-12-32-23-8-4-5-9-23/h2-3,6-7,10,19-20,23,32,38H,1,4-5,8-9,11-18,21H2. The van der Waals surface area contributed by atoms with Crippen LogP contribution >= 0.6 is 0 Å². The molecule has 1 saturated heterocycles. The largest absolute Gasteiger partial charge is 0.508 e. The van der Waals surface area contributed by atoms with Gasteiger partial charge in [-0.2, -0.15) is 9.97 Å². The van der Waals surface area contributed by atoms with Gasteiger partial charge in [0.25, 0.3) is 0 Å². The highest BCUT2D eigenvalue weighted by Crippen LogP contribution is 2.36. The number of carbonyl (C=O) groups is 1. The molecule has 3 aromatic rings. The van der Waals surface area contributed by atoms with E-state index in [2.05, 4.69) is 27.8 Å². The molecule has 9 nitrogen and oxygen atoms in total. The van der Waals surface area contributed by atoms with E-state index in [-0.39, 0.29) is 11.7 Å². The molecule has 1 aromatic heterocycles. The molecule has 9 heteroatoms. The second-order valence-electron chi connectivity index (χ2n) is 10.9. The molecule has 1 aliphatic carbocycles. The van der Waals surface area contributed by atoms with Crippen molar-refractivity contribution in [3.05, 3.63) is 60.3 Å². The van der Waals surface area contributed by atoms with Gasteiger partial charge in [-0.3, -0.25) is 4.79 Å². The van der Waals surface area contributed by atoms with Gasteiger partial charge in [-0.25, -0.2) is 0 Å². The van der Waals surface area contributed by atoms with E-state index in [4.69, 9.17) is 14.7 Å². The van der Waals surface area contributed by atoms with Crippen LogP contribution in [0.1, 0.15) is 36.9 Å². The van der Waals surface area contributed by atoms with E-state index in [0.717, 1.165) is 53.0 Å². The summed E-state index contributed by atoms with van der Waals surface area (Å²) in [4.78, 5) is 28.3. The van der Waals surface area contributed by atoms with E-state index in [1.54, 1.807) is 6.07 Å². The highest BCUT2D eigenvalue weighted by atomic mass is 16.5. The predicted molar refractivity (Wildman–Crippen MR) is 157 cm³/mol. The van der Waals surface area contributed by atoms with Gasteiger partial charge in [-0.05, 0) is 36.8 Å². The second kappa shape index (κ2) is 11.7. The molecule has 40 heavy (non-hydrogen) atoms. The molecule has 3 heterocycles. The fourth-order valence-electron chi connectivity index (χ4n) is 6.26. The molecule has 2 aliphatic heterocycles. The number of fused-ring (bicyclic) bond motifs is 2. The van der Waals surface area contributed by atoms with E-state index >= 15 is 0 Å². The number of aromatic hydroxyl groups is 1. The summed E-state index contributed by atoms with van der Waals surface area (Å²) in [5.74, 6) is 1.14. The van der Waals surface area contributed by atoms with Crippen LogP contribution in [-0.4, -0.2) is 77.8 Å². The number of rotatable bonds is 8. The van der Waals surface area contributed by atoms with Crippen molar-refractivity contribution in [3.8, 4) is 11.8 Å². The Morgan fingerprint density at radius 2 is 1.88 bits per heavy atom. The van der Waals surface area contributed by atoms with E-state index < -0.39 is 0 Å². The van der Waals surface area contributed by atoms with E-state index in [1.165, 1.54) is 31.8 Å². The molecule has 0 unspecified atom stereocenters. The topological polar surface area (TPSA) is 94.1 Å². The summed E-state index contributed by atoms with van der Waals surface area (Å²) < 4.78 is 6.12. The SMILES string of the molecule is C=CC(=O)N1CCN(c2nc(OCCNC3CCCC3)nc3c2CCN(c2cc(O)cc4ccccc24)C3)CC1. The highest BCUT2D eigenvalue weighted by molar-refractivity contribution is 5.95. The molecule has 3 aliphatic rings. The minimum Gasteiger partial charge on any atom is -0.508 e. The number of phenolic OH excluding ortho intramolecular Hbond substituents is 1. The van der Waals surface area contributed by atoms with Crippen LogP contribution < -0.4 is 19.9 Å². The van der Waals surface area contributed by atoms with Gasteiger partial charge in [0.15, 0.2) is 0 Å². The van der Waals surface area contributed by atoms with Crippen molar-refractivity contribution in [2.75, 3.05) is 55.7 Å². The first-order valence-electron chi connectivity index (χ1n) is 14.5. The van der Waals surface area contributed by atoms with Gasteiger partial charge in [0.2, 0.25) is 5.91 Å². The van der Waals surface area contributed by atoms with Crippen LogP contribution in [0.3, 0.4) is 0 Å². The van der Waals surface area contributed by atoms with Gasteiger partial charge >= 0.3 is 6.01 Å². The van der Waals surface area contributed by atoms with E-state index in [0.29, 0.717) is 51.4 Å². The number of benzene rings is 2. The molecule has 210 valence electrons. The summed E-state index contributed by atoms with van der Waals surface area (Å²) in [6.45, 7) is 8.97. The van der Waals surface area contributed by atoms with E-state index in [1.807, 2.05) is 29.2 Å². The monoisotopic (exact) mass is 542 g/mol. The summed E-state index contributed by atoms with van der Waals surface area (Å²) in [6.07, 6.45) is 7.23. The smallest absolute Gasteiger partial charge is 0.318 e. The molecule has 1 amide bonds. The van der Waals surface area contributed by atoms with Gasteiger partial charge in [0.05, 0.1) is 12.2 Å². The lowest BCUT2D eigenvalue weighted by Gasteiger charge is -2.38. The van der Waals surface area contributed by atoms with Crippen LogP contribution in [0.5, 0.6) is 11.8 Å². The zero-order valence-electron chi connectivity index (χ0n) is 23.0. The van der Waals surface area contributed by atoms with Gasteiger partial charge < -0.3 is 29.9 Å². The van der Waals surface area contributed by atoms with Crippen molar-refractivity contribution in [2.45, 2.75) is 44.7 Å². The number of hydrogen-bond donors (Lipinski definition) is 2. The Hall–Kier alpha value is -3.85. The number of ether oxygens (including phenoxy) is 1. The Bertz CT molecular complexity index is 1380. The van der Waals surface area contributed by atoms with Crippen molar-refractivity contribution in [1.29, 1.82) is 0 Å². The zero-order chi connectivity index (χ0) is 27.5. The van der Waals surface area contributed by atoms with Crippen molar-refractivity contribution in [1.82, 2.24) is 20.2 Å². The summed E-state index contributed by atoms with van der Waals surface area (Å²) in [7, 11) is 0. The summed E-state index contributed by atoms with van der Waals surface area (Å²) in [5.41, 5.74) is 3.09. The Morgan fingerprint density at radius 1 is 1.07 bits per heavy atom. The minimum atomic E-state index is -0.0304. The van der Waals surface area contributed by atoms with E-state index in [9.17, 15) is 9.90 Å². The number of aromatic nitrogens is 2. The zero-order valence-corrected chi connectivity index (χ0v) is 23.0. The third-order valence-electron chi connectivity index (χ3n) is 8.38. The number of anilines is 2. The normalized spacial score (nSPS) is 17.8. The fraction of sp³-hybridized carbons (Fsp3) is 0.452. The second-order valence-corrected chi connectivity index (χ2v) is 10.9. The Kier molecular flexibility index (Phi) is 7.73. The number of piperazine rings is 1. The summed E-state index contributed by atoms with van der Waals surface area (Å²) >= 11 is 0. The summed E-state index contributed by atoms with van der Waals surface area (Å²) in [6, 6.07) is 12.8. The van der Waals surface area contributed by atoms with Crippen LogP contribution in [-0.2, 0) is 17.8 Å². The number of nitrogens with one attached hydrogen (secondary N) is 1. The fourth-order valence-corrected chi connectivity index (χ4v) is 6.26. The van der Waals surface area contributed by atoms with Gasteiger partial charge in [0.1, 0.15) is 18.2 Å². The third kappa shape index (κ3) is 5.56. The van der Waals surface area contributed by atoms with Crippen molar-refractivity contribution >= 4 is 28.2 Å². The molecular weight excluding hydrogens is 504 g/mol. The molecule has 6 rings (SSSR count). The maximum Gasteiger partial charge on any atom is 0.318 e. The number of phenols is 1. The molecule has 2 aromatic carbocycles. The molecule has 0 bridgehead atoms. The van der Waals surface area contributed by atoms with Crippen LogP contribution in [0.4, 0.5) is 11.5 Å². The molecule has 2 fully saturated rings. The minimum absolute atomic E-state index is 0.0304. The molecule has 0 spiro atoms. The van der Waals surface area contributed by atoms with Crippen molar-refractivity contribution < 1.29 is 14.6 Å². The molecule has 1 saturated carbocycles. The Morgan fingerprint density at radius 3 is 2.67 bits per heavy atom. The van der Waals surface area contributed by atoms with Gasteiger partial charge in [0, 0.05) is 68.0 Å². The first-order chi connectivity index (χ1) is 19.6. The van der Waals surface area contributed by atoms with Crippen LogP contribution in [0, 0.1) is 0 Å². The Balaban J connectivity index is 1.26. The maximum atomic E-state index is 12.1. The highest BCUT2D eigenvalue weighted by Gasteiger charge is 2.29. The Labute approximate surface area is 235 Å². The van der Waals surface area contributed by atoms with Gasteiger partial charge in [-0.15, -0.1) is 0 Å². The first-order valence-corrected chi connectivity index (χ1v) is 14.5. The lowest BCUT2D eigenvalue weighted by Crippen LogP contribution is -2.49. The number of nitrogens with zero attached hydrogens (tertiary/aromatic N) is 5.